The van der Waals surface area contributed by atoms with E-state index in [0.717, 1.165) is 18.7 Å². The molecule has 0 bridgehead atoms. The second-order valence-electron chi connectivity index (χ2n) is 5.22. The van der Waals surface area contributed by atoms with Gasteiger partial charge in [-0.3, -0.25) is 4.79 Å². The van der Waals surface area contributed by atoms with Crippen LogP contribution in [0.1, 0.15) is 36.8 Å². The summed E-state index contributed by atoms with van der Waals surface area (Å²) in [4.78, 5) is 25.3. The SMILES string of the molecule is CCN(Cc1ccccc1)C(=O)c1ccnc(N(CC)CC)n1. The lowest BCUT2D eigenvalue weighted by Crippen LogP contribution is -2.32. The first-order valence-electron chi connectivity index (χ1n) is 8.10. The highest BCUT2D eigenvalue weighted by Gasteiger charge is 2.17. The predicted molar refractivity (Wildman–Crippen MR) is 92.4 cm³/mol. The van der Waals surface area contributed by atoms with Crippen molar-refractivity contribution in [2.75, 3.05) is 24.5 Å². The standard InChI is InChI=1S/C18H24N4O/c1-4-21(5-2)18-19-13-12-16(20-18)17(23)22(6-3)14-15-10-8-7-9-11-15/h7-13H,4-6,14H2,1-3H3. The quantitative estimate of drug-likeness (QED) is 0.788. The highest BCUT2D eigenvalue weighted by atomic mass is 16.2. The van der Waals surface area contributed by atoms with E-state index in [4.69, 9.17) is 0 Å². The lowest BCUT2D eigenvalue weighted by molar-refractivity contribution is 0.0746. The van der Waals surface area contributed by atoms with Crippen molar-refractivity contribution < 1.29 is 4.79 Å². The number of nitrogens with zero attached hydrogens (tertiary/aromatic N) is 4. The molecule has 0 aliphatic rings. The Kier molecular flexibility index (Phi) is 6.09. The molecule has 5 nitrogen and oxygen atoms in total. The van der Waals surface area contributed by atoms with Crippen LogP contribution in [0, 0.1) is 0 Å². The zero-order valence-electron chi connectivity index (χ0n) is 14.1. The Morgan fingerprint density at radius 2 is 1.70 bits per heavy atom. The molecule has 0 saturated carbocycles. The molecule has 0 N–H and O–H groups in total. The lowest BCUT2D eigenvalue weighted by atomic mass is 10.2. The van der Waals surface area contributed by atoms with Gasteiger partial charge in [-0.15, -0.1) is 0 Å². The fraction of sp³-hybridized carbons (Fsp3) is 0.389. The molecule has 0 aliphatic heterocycles. The molecule has 1 aromatic heterocycles. The summed E-state index contributed by atoms with van der Waals surface area (Å²) in [5.74, 6) is 0.545. The molecule has 2 aromatic rings. The van der Waals surface area contributed by atoms with Gasteiger partial charge in [-0.25, -0.2) is 9.97 Å². The molecule has 2 rings (SSSR count). The van der Waals surface area contributed by atoms with Crippen molar-refractivity contribution in [3.63, 3.8) is 0 Å². The van der Waals surface area contributed by atoms with Crippen LogP contribution in [0.2, 0.25) is 0 Å². The minimum atomic E-state index is -0.0628. The molecule has 0 unspecified atom stereocenters. The molecule has 122 valence electrons. The number of aromatic nitrogens is 2. The third-order valence-corrected chi connectivity index (χ3v) is 3.79. The molecule has 0 radical (unpaired) electrons. The smallest absolute Gasteiger partial charge is 0.272 e. The van der Waals surface area contributed by atoms with Gasteiger partial charge in [-0.2, -0.15) is 0 Å². The predicted octanol–water partition coefficient (Wildman–Crippen LogP) is 2.99. The van der Waals surface area contributed by atoms with Gasteiger partial charge >= 0.3 is 0 Å². The summed E-state index contributed by atoms with van der Waals surface area (Å²) >= 11 is 0. The number of hydrogen-bond acceptors (Lipinski definition) is 4. The minimum absolute atomic E-state index is 0.0628. The van der Waals surface area contributed by atoms with Gasteiger partial charge in [0.15, 0.2) is 0 Å². The van der Waals surface area contributed by atoms with Crippen molar-refractivity contribution >= 4 is 11.9 Å². The molecule has 0 saturated heterocycles. The molecular weight excluding hydrogens is 288 g/mol. The normalized spacial score (nSPS) is 10.4. The van der Waals surface area contributed by atoms with Gasteiger partial charge in [0.2, 0.25) is 5.95 Å². The summed E-state index contributed by atoms with van der Waals surface area (Å²) in [6, 6.07) is 11.7. The first kappa shape index (κ1) is 16.9. The third-order valence-electron chi connectivity index (χ3n) is 3.79. The Labute approximate surface area is 138 Å². The van der Waals surface area contributed by atoms with Crippen LogP contribution in [0.25, 0.3) is 0 Å². The maximum atomic E-state index is 12.7. The fourth-order valence-electron chi connectivity index (χ4n) is 2.42. The Balaban J connectivity index is 2.19. The second kappa shape index (κ2) is 8.27. The van der Waals surface area contributed by atoms with Crippen molar-refractivity contribution in [2.45, 2.75) is 27.3 Å². The van der Waals surface area contributed by atoms with E-state index in [-0.39, 0.29) is 5.91 Å². The van der Waals surface area contributed by atoms with Crippen LogP contribution in [0.3, 0.4) is 0 Å². The maximum absolute atomic E-state index is 12.7. The van der Waals surface area contributed by atoms with E-state index < -0.39 is 0 Å². The van der Waals surface area contributed by atoms with E-state index in [9.17, 15) is 4.79 Å². The van der Waals surface area contributed by atoms with Crippen molar-refractivity contribution in [3.8, 4) is 0 Å². The Bertz CT molecular complexity index is 626. The van der Waals surface area contributed by atoms with Crippen LogP contribution in [0.4, 0.5) is 5.95 Å². The average molecular weight is 312 g/mol. The van der Waals surface area contributed by atoms with E-state index in [2.05, 4.69) is 23.8 Å². The number of anilines is 1. The first-order chi connectivity index (χ1) is 11.2. The van der Waals surface area contributed by atoms with Crippen LogP contribution in [-0.2, 0) is 6.54 Å². The third kappa shape index (κ3) is 4.28. The number of rotatable bonds is 7. The van der Waals surface area contributed by atoms with E-state index in [1.165, 1.54) is 0 Å². The molecule has 1 aromatic carbocycles. The average Bonchev–Trinajstić information content (AvgIpc) is 2.61. The summed E-state index contributed by atoms with van der Waals surface area (Å²) in [7, 11) is 0. The Hall–Kier alpha value is -2.43. The molecule has 0 fully saturated rings. The fourth-order valence-corrected chi connectivity index (χ4v) is 2.42. The molecule has 0 spiro atoms. The monoisotopic (exact) mass is 312 g/mol. The Morgan fingerprint density at radius 3 is 2.30 bits per heavy atom. The van der Waals surface area contributed by atoms with Crippen LogP contribution in [0.15, 0.2) is 42.6 Å². The number of hydrogen-bond donors (Lipinski definition) is 0. The highest BCUT2D eigenvalue weighted by molar-refractivity contribution is 5.92. The van der Waals surface area contributed by atoms with E-state index in [0.29, 0.717) is 24.7 Å². The van der Waals surface area contributed by atoms with Crippen LogP contribution in [0.5, 0.6) is 0 Å². The van der Waals surface area contributed by atoms with Gasteiger partial charge in [0.05, 0.1) is 0 Å². The molecule has 0 atom stereocenters. The summed E-state index contributed by atoms with van der Waals surface area (Å²) in [5.41, 5.74) is 1.56. The zero-order chi connectivity index (χ0) is 16.7. The summed E-state index contributed by atoms with van der Waals surface area (Å²) in [5, 5.41) is 0. The van der Waals surface area contributed by atoms with Crippen molar-refractivity contribution in [1.29, 1.82) is 0 Å². The van der Waals surface area contributed by atoms with Gasteiger partial charge in [0, 0.05) is 32.4 Å². The molecule has 1 heterocycles. The molecule has 5 heteroatoms. The van der Waals surface area contributed by atoms with Gasteiger partial charge in [-0.05, 0) is 32.4 Å². The van der Waals surface area contributed by atoms with Gasteiger partial charge < -0.3 is 9.80 Å². The number of carbonyl (C=O) groups excluding carboxylic acids is 1. The van der Waals surface area contributed by atoms with Gasteiger partial charge in [-0.1, -0.05) is 30.3 Å². The van der Waals surface area contributed by atoms with E-state index in [1.54, 1.807) is 17.2 Å². The summed E-state index contributed by atoms with van der Waals surface area (Å²) < 4.78 is 0. The van der Waals surface area contributed by atoms with Crippen LogP contribution >= 0.6 is 0 Å². The maximum Gasteiger partial charge on any atom is 0.272 e. The van der Waals surface area contributed by atoms with Gasteiger partial charge in [0.1, 0.15) is 5.69 Å². The minimum Gasteiger partial charge on any atom is -0.341 e. The van der Waals surface area contributed by atoms with Crippen molar-refractivity contribution in [1.82, 2.24) is 14.9 Å². The largest absolute Gasteiger partial charge is 0.341 e. The highest BCUT2D eigenvalue weighted by Crippen LogP contribution is 2.11. The zero-order valence-corrected chi connectivity index (χ0v) is 14.1. The van der Waals surface area contributed by atoms with Crippen molar-refractivity contribution in [2.24, 2.45) is 0 Å². The first-order valence-corrected chi connectivity index (χ1v) is 8.10. The summed E-state index contributed by atoms with van der Waals surface area (Å²) in [6.45, 7) is 8.93. The molecule has 23 heavy (non-hydrogen) atoms. The van der Waals surface area contributed by atoms with Crippen LogP contribution in [-0.4, -0.2) is 40.4 Å². The van der Waals surface area contributed by atoms with E-state index in [1.807, 2.05) is 42.2 Å². The van der Waals surface area contributed by atoms with Crippen LogP contribution < -0.4 is 4.90 Å². The molecule has 1 amide bonds. The Morgan fingerprint density at radius 1 is 1.00 bits per heavy atom. The van der Waals surface area contributed by atoms with Crippen molar-refractivity contribution in [3.05, 3.63) is 53.9 Å². The molecular formula is C18H24N4O. The molecule has 0 aliphatic carbocycles. The lowest BCUT2D eigenvalue weighted by Gasteiger charge is -2.22. The van der Waals surface area contributed by atoms with E-state index >= 15 is 0 Å². The number of amides is 1. The second-order valence-corrected chi connectivity index (χ2v) is 5.22. The number of carbonyl (C=O) groups is 1. The topological polar surface area (TPSA) is 49.3 Å². The van der Waals surface area contributed by atoms with Gasteiger partial charge in [0.25, 0.3) is 5.91 Å². The number of benzene rings is 1. The summed E-state index contributed by atoms with van der Waals surface area (Å²) in [6.07, 6.45) is 1.66.